The van der Waals surface area contributed by atoms with Crippen LogP contribution in [-0.4, -0.2) is 44.2 Å². The summed E-state index contributed by atoms with van der Waals surface area (Å²) in [5.41, 5.74) is 1.63. The smallest absolute Gasteiger partial charge is 0.261 e. The molecule has 0 aliphatic carbocycles. The van der Waals surface area contributed by atoms with Gasteiger partial charge in [-0.2, -0.15) is 0 Å². The van der Waals surface area contributed by atoms with Crippen LogP contribution in [-0.2, 0) is 10.0 Å². The quantitative estimate of drug-likeness (QED) is 0.432. The van der Waals surface area contributed by atoms with E-state index in [-0.39, 0.29) is 17.0 Å². The standard InChI is InChI=1S/C24H26N8O2S/c1-5-20-24-29-28-16(4)32(24)21-14-26-22(27-23(21)31(20)15(2)3)18-11-12-25-13-19(18)30-35(33,34)17-9-7-6-8-10-17/h6-15,20,30H,5H2,1-4H3/t20-/m1/s1. The summed E-state index contributed by atoms with van der Waals surface area (Å²) in [5.74, 6) is 2.77. The van der Waals surface area contributed by atoms with Crippen molar-refractivity contribution in [1.29, 1.82) is 0 Å². The number of hydrogen-bond donors (Lipinski definition) is 1. The monoisotopic (exact) mass is 490 g/mol. The van der Waals surface area contributed by atoms with E-state index in [0.717, 1.165) is 29.6 Å². The molecular formula is C24H26N8O2S. The number of anilines is 2. The fraction of sp³-hybridized carbons (Fsp3) is 0.292. The summed E-state index contributed by atoms with van der Waals surface area (Å²) in [6, 6.07) is 10.0. The van der Waals surface area contributed by atoms with Gasteiger partial charge in [-0.25, -0.2) is 18.4 Å². The van der Waals surface area contributed by atoms with Crippen molar-refractivity contribution in [2.45, 2.75) is 51.1 Å². The van der Waals surface area contributed by atoms with Crippen LogP contribution in [0.3, 0.4) is 0 Å². The van der Waals surface area contributed by atoms with Crippen molar-refractivity contribution in [2.75, 3.05) is 9.62 Å². The Kier molecular flexibility index (Phi) is 5.72. The topological polar surface area (TPSA) is 119 Å². The summed E-state index contributed by atoms with van der Waals surface area (Å²) in [4.78, 5) is 16.1. The van der Waals surface area contributed by atoms with Crippen LogP contribution in [0.25, 0.3) is 17.1 Å². The molecule has 0 spiro atoms. The lowest BCUT2D eigenvalue weighted by Gasteiger charge is -2.39. The van der Waals surface area contributed by atoms with E-state index in [1.807, 2.05) is 11.5 Å². The minimum absolute atomic E-state index is 0.0000520. The van der Waals surface area contributed by atoms with Crippen LogP contribution in [0.4, 0.5) is 11.5 Å². The van der Waals surface area contributed by atoms with Gasteiger partial charge < -0.3 is 4.90 Å². The first kappa shape index (κ1) is 22.9. The van der Waals surface area contributed by atoms with E-state index in [2.05, 4.69) is 50.6 Å². The molecule has 1 aromatic carbocycles. The first-order valence-corrected chi connectivity index (χ1v) is 12.9. The van der Waals surface area contributed by atoms with Crippen molar-refractivity contribution < 1.29 is 8.42 Å². The first-order valence-electron chi connectivity index (χ1n) is 11.4. The summed E-state index contributed by atoms with van der Waals surface area (Å²) < 4.78 is 30.6. The van der Waals surface area contributed by atoms with E-state index in [9.17, 15) is 8.42 Å². The van der Waals surface area contributed by atoms with Crippen molar-refractivity contribution in [3.63, 3.8) is 0 Å². The maximum atomic E-state index is 13.0. The van der Waals surface area contributed by atoms with Crippen LogP contribution in [0.15, 0.2) is 59.9 Å². The van der Waals surface area contributed by atoms with Crippen molar-refractivity contribution in [2.24, 2.45) is 0 Å². The molecule has 35 heavy (non-hydrogen) atoms. The molecule has 0 unspecified atom stereocenters. The number of sulfonamides is 1. The highest BCUT2D eigenvalue weighted by atomic mass is 32.2. The van der Waals surface area contributed by atoms with Gasteiger partial charge in [0.1, 0.15) is 11.5 Å². The highest BCUT2D eigenvalue weighted by Gasteiger charge is 2.36. The number of pyridine rings is 1. The zero-order valence-electron chi connectivity index (χ0n) is 19.9. The van der Waals surface area contributed by atoms with Gasteiger partial charge in [0, 0.05) is 17.8 Å². The van der Waals surface area contributed by atoms with Crippen LogP contribution in [0, 0.1) is 6.92 Å². The van der Waals surface area contributed by atoms with E-state index in [4.69, 9.17) is 4.98 Å². The van der Waals surface area contributed by atoms with Gasteiger partial charge in [0.05, 0.1) is 29.0 Å². The lowest BCUT2D eigenvalue weighted by atomic mass is 10.1. The highest BCUT2D eigenvalue weighted by molar-refractivity contribution is 7.92. The third-order valence-corrected chi connectivity index (χ3v) is 7.40. The molecule has 4 heterocycles. The number of fused-ring (bicyclic) bond motifs is 3. The minimum atomic E-state index is -3.81. The fourth-order valence-electron chi connectivity index (χ4n) is 4.47. The molecule has 10 nitrogen and oxygen atoms in total. The maximum absolute atomic E-state index is 13.0. The Balaban J connectivity index is 1.63. The largest absolute Gasteiger partial charge is 0.342 e. The second-order valence-electron chi connectivity index (χ2n) is 8.61. The SMILES string of the molecule is CC[C@@H]1c2nnc(C)n2-c2cnc(-c3ccncc3NS(=O)(=O)c3ccccc3)nc2N1C(C)C. The van der Waals surface area contributed by atoms with Gasteiger partial charge in [0.25, 0.3) is 10.0 Å². The molecule has 0 amide bonds. The van der Waals surface area contributed by atoms with Crippen LogP contribution in [0.5, 0.6) is 0 Å². The number of hydrogen-bond acceptors (Lipinski definition) is 8. The molecule has 1 aliphatic heterocycles. The number of benzene rings is 1. The Bertz CT molecular complexity index is 1480. The molecule has 0 radical (unpaired) electrons. The summed E-state index contributed by atoms with van der Waals surface area (Å²) in [7, 11) is -3.81. The Labute approximate surface area is 204 Å². The average Bonchev–Trinajstić information content (AvgIpc) is 3.24. The number of rotatable bonds is 6. The van der Waals surface area contributed by atoms with Crippen LogP contribution < -0.4 is 9.62 Å². The first-order chi connectivity index (χ1) is 16.8. The van der Waals surface area contributed by atoms with E-state index in [1.165, 1.54) is 18.3 Å². The second kappa shape index (κ2) is 8.73. The van der Waals surface area contributed by atoms with Crippen LogP contribution >= 0.6 is 0 Å². The van der Waals surface area contributed by atoms with Gasteiger partial charge in [-0.3, -0.25) is 14.3 Å². The summed E-state index contributed by atoms with van der Waals surface area (Å²) in [5, 5.41) is 8.73. The number of nitrogens with zero attached hydrogens (tertiary/aromatic N) is 7. The molecule has 4 aromatic rings. The second-order valence-corrected chi connectivity index (χ2v) is 10.3. The Morgan fingerprint density at radius 1 is 1.09 bits per heavy atom. The summed E-state index contributed by atoms with van der Waals surface area (Å²) in [6.45, 7) is 8.24. The van der Waals surface area contributed by atoms with Crippen LogP contribution in [0.1, 0.15) is 44.9 Å². The van der Waals surface area contributed by atoms with E-state index < -0.39 is 10.0 Å². The molecule has 0 saturated carbocycles. The normalized spacial score (nSPS) is 15.1. The van der Waals surface area contributed by atoms with Gasteiger partial charge >= 0.3 is 0 Å². The van der Waals surface area contributed by atoms with Crippen molar-refractivity contribution in [1.82, 2.24) is 29.7 Å². The fourth-order valence-corrected chi connectivity index (χ4v) is 5.55. The van der Waals surface area contributed by atoms with Crippen molar-refractivity contribution in [3.05, 3.63) is 66.6 Å². The lowest BCUT2D eigenvalue weighted by Crippen LogP contribution is -2.40. The summed E-state index contributed by atoms with van der Waals surface area (Å²) in [6.07, 6.45) is 5.63. The molecule has 0 saturated heterocycles. The lowest BCUT2D eigenvalue weighted by molar-refractivity contribution is 0.496. The van der Waals surface area contributed by atoms with E-state index in [1.54, 1.807) is 36.7 Å². The predicted molar refractivity (Wildman–Crippen MR) is 133 cm³/mol. The molecule has 1 atom stereocenters. The van der Waals surface area contributed by atoms with Gasteiger partial charge in [0.2, 0.25) is 0 Å². The minimum Gasteiger partial charge on any atom is -0.342 e. The molecule has 0 fully saturated rings. The van der Waals surface area contributed by atoms with Gasteiger partial charge in [-0.05, 0) is 45.4 Å². The molecule has 180 valence electrons. The molecular weight excluding hydrogens is 464 g/mol. The molecule has 3 aromatic heterocycles. The van der Waals surface area contributed by atoms with Crippen LogP contribution in [0.2, 0.25) is 0 Å². The Hall–Kier alpha value is -3.86. The van der Waals surface area contributed by atoms with E-state index in [0.29, 0.717) is 17.1 Å². The third-order valence-electron chi connectivity index (χ3n) is 6.02. The van der Waals surface area contributed by atoms with Gasteiger partial charge in [0.15, 0.2) is 17.5 Å². The predicted octanol–water partition coefficient (Wildman–Crippen LogP) is 3.91. The number of nitrogens with one attached hydrogen (secondary N) is 1. The molecule has 11 heteroatoms. The molecule has 0 bridgehead atoms. The highest BCUT2D eigenvalue weighted by Crippen LogP contribution is 2.41. The van der Waals surface area contributed by atoms with Crippen molar-refractivity contribution >= 4 is 21.5 Å². The van der Waals surface area contributed by atoms with Crippen molar-refractivity contribution in [3.8, 4) is 17.1 Å². The Morgan fingerprint density at radius 3 is 2.57 bits per heavy atom. The van der Waals surface area contributed by atoms with E-state index >= 15 is 0 Å². The zero-order chi connectivity index (χ0) is 24.7. The maximum Gasteiger partial charge on any atom is 0.261 e. The number of aromatic nitrogens is 6. The zero-order valence-corrected chi connectivity index (χ0v) is 20.7. The van der Waals surface area contributed by atoms with Gasteiger partial charge in [-0.15, -0.1) is 10.2 Å². The molecule has 1 N–H and O–H groups in total. The molecule has 5 rings (SSSR count). The third kappa shape index (κ3) is 3.91. The average molecular weight is 491 g/mol. The summed E-state index contributed by atoms with van der Waals surface area (Å²) >= 11 is 0. The van der Waals surface area contributed by atoms with Gasteiger partial charge in [-0.1, -0.05) is 25.1 Å². The molecule has 1 aliphatic rings. The Morgan fingerprint density at radius 2 is 1.86 bits per heavy atom. The number of aryl methyl sites for hydroxylation is 1.